The van der Waals surface area contributed by atoms with Gasteiger partial charge in [0.25, 0.3) is 0 Å². The number of primary amides is 1. The standard InChI is InChI=1S/C11H14Cl3N5O4/c12-11(13,14)7(18-9-16-3-1-4-17-9)19-10(21)23-6-2-5-22-8(15)20/h1,3-4,7H,2,5-6H2,(H2,15,20)(H,19,21)(H,16,17,18). The van der Waals surface area contributed by atoms with Crippen LogP contribution < -0.4 is 16.4 Å². The maximum atomic E-state index is 11.7. The summed E-state index contributed by atoms with van der Waals surface area (Å²) < 4.78 is 7.44. The minimum absolute atomic E-state index is 0.0203. The molecule has 0 aliphatic carbocycles. The molecule has 1 heterocycles. The molecule has 1 unspecified atom stereocenters. The first-order valence-electron chi connectivity index (χ1n) is 6.25. The van der Waals surface area contributed by atoms with Gasteiger partial charge in [-0.2, -0.15) is 0 Å². The number of nitrogens with one attached hydrogen (secondary N) is 2. The van der Waals surface area contributed by atoms with Crippen LogP contribution in [0.1, 0.15) is 6.42 Å². The molecule has 0 saturated carbocycles. The number of aromatic nitrogens is 2. The summed E-state index contributed by atoms with van der Waals surface area (Å²) in [6.07, 6.45) is 0.332. The van der Waals surface area contributed by atoms with Crippen LogP contribution in [0.25, 0.3) is 0 Å². The lowest BCUT2D eigenvalue weighted by atomic mass is 10.5. The highest BCUT2D eigenvalue weighted by Crippen LogP contribution is 2.30. The van der Waals surface area contributed by atoms with Crippen LogP contribution in [0.3, 0.4) is 0 Å². The molecule has 0 aliphatic rings. The third kappa shape index (κ3) is 8.48. The summed E-state index contributed by atoms with van der Waals surface area (Å²) in [6, 6.07) is 1.60. The summed E-state index contributed by atoms with van der Waals surface area (Å²) >= 11 is 17.3. The van der Waals surface area contributed by atoms with Crippen LogP contribution in [0.4, 0.5) is 15.5 Å². The number of carbonyl (C=O) groups is 2. The summed E-state index contributed by atoms with van der Waals surface area (Å²) in [5.41, 5.74) is 4.78. The van der Waals surface area contributed by atoms with Gasteiger partial charge in [-0.05, 0) is 6.07 Å². The van der Waals surface area contributed by atoms with Gasteiger partial charge in [0, 0.05) is 18.8 Å². The fraction of sp³-hybridized carbons (Fsp3) is 0.455. The van der Waals surface area contributed by atoms with Crippen molar-refractivity contribution in [3.8, 4) is 0 Å². The lowest BCUT2D eigenvalue weighted by molar-refractivity contribution is 0.121. The van der Waals surface area contributed by atoms with Gasteiger partial charge in [0.1, 0.15) is 0 Å². The minimum atomic E-state index is -1.88. The molecule has 12 heteroatoms. The molecule has 0 aromatic carbocycles. The molecule has 0 saturated heterocycles. The zero-order valence-corrected chi connectivity index (χ0v) is 13.9. The van der Waals surface area contributed by atoms with Gasteiger partial charge in [-0.1, -0.05) is 34.8 Å². The second-order valence-electron chi connectivity index (χ2n) is 3.99. The molecule has 1 aromatic heterocycles. The summed E-state index contributed by atoms with van der Waals surface area (Å²) in [5.74, 6) is 0.152. The fourth-order valence-corrected chi connectivity index (χ4v) is 1.59. The smallest absolute Gasteiger partial charge is 0.408 e. The first-order chi connectivity index (χ1) is 10.8. The Kier molecular flexibility index (Phi) is 7.93. The number of nitrogens with two attached hydrogens (primary N) is 1. The van der Waals surface area contributed by atoms with Gasteiger partial charge in [0.05, 0.1) is 13.2 Å². The molecule has 2 amide bonds. The number of alkyl halides is 3. The molecule has 1 atom stereocenters. The second-order valence-corrected chi connectivity index (χ2v) is 6.36. The molecule has 9 nitrogen and oxygen atoms in total. The molecule has 1 rings (SSSR count). The van der Waals surface area contributed by atoms with Crippen molar-refractivity contribution in [1.29, 1.82) is 0 Å². The number of alkyl carbamates (subject to hydrolysis) is 1. The van der Waals surface area contributed by atoms with Crippen molar-refractivity contribution in [3.05, 3.63) is 18.5 Å². The molecule has 1 aromatic rings. The summed E-state index contributed by atoms with van der Waals surface area (Å²) in [5, 5.41) is 4.98. The molecule has 4 N–H and O–H groups in total. The van der Waals surface area contributed by atoms with E-state index in [1.807, 2.05) is 0 Å². The average molecular weight is 387 g/mol. The molecule has 0 aliphatic heterocycles. The summed E-state index contributed by atoms with van der Waals surface area (Å²) in [6.45, 7) is 0.000130. The third-order valence-corrected chi connectivity index (χ3v) is 2.85. The largest absolute Gasteiger partial charge is 0.450 e. The SMILES string of the molecule is NC(=O)OCCCOC(=O)NC(Nc1ncccn1)C(Cl)(Cl)Cl. The molecule has 0 spiro atoms. The quantitative estimate of drug-likeness (QED) is 0.370. The Hall–Kier alpha value is -1.71. The zero-order valence-electron chi connectivity index (χ0n) is 11.7. The van der Waals surface area contributed by atoms with Crippen molar-refractivity contribution >= 4 is 52.9 Å². The lowest BCUT2D eigenvalue weighted by Crippen LogP contribution is -2.49. The number of hydrogen-bond acceptors (Lipinski definition) is 7. The fourth-order valence-electron chi connectivity index (χ4n) is 1.26. The van der Waals surface area contributed by atoms with Crippen LogP contribution in [0.2, 0.25) is 0 Å². The number of halogens is 3. The van der Waals surface area contributed by atoms with E-state index in [2.05, 4.69) is 25.3 Å². The predicted molar refractivity (Wildman–Crippen MR) is 84.4 cm³/mol. The highest BCUT2D eigenvalue weighted by atomic mass is 35.6. The molecule has 23 heavy (non-hydrogen) atoms. The number of anilines is 1. The monoisotopic (exact) mass is 385 g/mol. The Labute approximate surface area is 146 Å². The number of nitrogens with zero attached hydrogens (tertiary/aromatic N) is 2. The van der Waals surface area contributed by atoms with Crippen LogP contribution in [0.15, 0.2) is 18.5 Å². The zero-order chi connectivity index (χ0) is 17.3. The first-order valence-corrected chi connectivity index (χ1v) is 7.38. The van der Waals surface area contributed by atoms with Gasteiger partial charge in [-0.25, -0.2) is 19.6 Å². The first kappa shape index (κ1) is 19.3. The van der Waals surface area contributed by atoms with Gasteiger partial charge in [-0.3, -0.25) is 5.32 Å². The van der Waals surface area contributed by atoms with Crippen molar-refractivity contribution in [2.24, 2.45) is 5.73 Å². The number of amides is 2. The van der Waals surface area contributed by atoms with Crippen molar-refractivity contribution in [2.75, 3.05) is 18.5 Å². The Bertz CT molecular complexity index is 514. The van der Waals surface area contributed by atoms with Gasteiger partial charge < -0.3 is 20.5 Å². The minimum Gasteiger partial charge on any atom is -0.450 e. The van der Waals surface area contributed by atoms with E-state index in [4.69, 9.17) is 45.3 Å². The number of rotatable bonds is 7. The number of carbonyl (C=O) groups excluding carboxylic acids is 2. The molecule has 0 radical (unpaired) electrons. The maximum absolute atomic E-state index is 11.7. The lowest BCUT2D eigenvalue weighted by Gasteiger charge is -2.25. The van der Waals surface area contributed by atoms with Gasteiger partial charge in [0.2, 0.25) is 9.74 Å². The number of hydrogen-bond donors (Lipinski definition) is 3. The summed E-state index contributed by atoms with van der Waals surface area (Å²) in [7, 11) is 0. The second kappa shape index (κ2) is 9.43. The topological polar surface area (TPSA) is 128 Å². The van der Waals surface area contributed by atoms with E-state index >= 15 is 0 Å². The summed E-state index contributed by atoms with van der Waals surface area (Å²) in [4.78, 5) is 29.8. The molecular formula is C11H14Cl3N5O4. The molecule has 0 fully saturated rings. The van der Waals surface area contributed by atoms with Crippen LogP contribution in [0, 0.1) is 0 Å². The Morgan fingerprint density at radius 3 is 2.39 bits per heavy atom. The van der Waals surface area contributed by atoms with Crippen molar-refractivity contribution in [2.45, 2.75) is 16.4 Å². The van der Waals surface area contributed by atoms with Crippen LogP contribution in [-0.2, 0) is 9.47 Å². The third-order valence-electron chi connectivity index (χ3n) is 2.19. The van der Waals surface area contributed by atoms with Crippen LogP contribution in [-0.4, -0.2) is 45.3 Å². The van der Waals surface area contributed by atoms with E-state index in [1.165, 1.54) is 12.4 Å². The van der Waals surface area contributed by atoms with Crippen molar-refractivity contribution in [1.82, 2.24) is 15.3 Å². The molecule has 0 bridgehead atoms. The van der Waals surface area contributed by atoms with E-state index < -0.39 is 22.1 Å². The predicted octanol–water partition coefficient (Wildman–Crippen LogP) is 1.80. The Balaban J connectivity index is 2.44. The molecule has 128 valence electrons. The van der Waals surface area contributed by atoms with Crippen molar-refractivity contribution in [3.63, 3.8) is 0 Å². The highest BCUT2D eigenvalue weighted by Gasteiger charge is 2.35. The Morgan fingerprint density at radius 2 is 1.83 bits per heavy atom. The Morgan fingerprint density at radius 1 is 1.22 bits per heavy atom. The van der Waals surface area contributed by atoms with E-state index in [0.29, 0.717) is 0 Å². The van der Waals surface area contributed by atoms with Gasteiger partial charge in [-0.15, -0.1) is 0 Å². The van der Waals surface area contributed by atoms with Crippen LogP contribution >= 0.6 is 34.8 Å². The normalized spacial score (nSPS) is 12.1. The highest BCUT2D eigenvalue weighted by molar-refractivity contribution is 6.68. The maximum Gasteiger partial charge on any atom is 0.408 e. The van der Waals surface area contributed by atoms with E-state index in [9.17, 15) is 9.59 Å². The van der Waals surface area contributed by atoms with Gasteiger partial charge in [0.15, 0.2) is 6.17 Å². The van der Waals surface area contributed by atoms with E-state index in [-0.39, 0.29) is 25.6 Å². The number of ether oxygens (including phenoxy) is 2. The van der Waals surface area contributed by atoms with Crippen LogP contribution in [0.5, 0.6) is 0 Å². The van der Waals surface area contributed by atoms with Crippen molar-refractivity contribution < 1.29 is 19.1 Å². The average Bonchev–Trinajstić information content (AvgIpc) is 2.46. The van der Waals surface area contributed by atoms with E-state index in [1.54, 1.807) is 6.07 Å². The van der Waals surface area contributed by atoms with E-state index in [0.717, 1.165) is 0 Å². The van der Waals surface area contributed by atoms with Gasteiger partial charge >= 0.3 is 12.2 Å². The molecular weight excluding hydrogens is 373 g/mol.